The lowest BCUT2D eigenvalue weighted by molar-refractivity contribution is 0.102. The number of nitrogens with one attached hydrogen (secondary N) is 2. The Kier molecular flexibility index (Phi) is 5.94. The van der Waals surface area contributed by atoms with Crippen LogP contribution in [0.15, 0.2) is 47.4 Å². The van der Waals surface area contributed by atoms with E-state index in [4.69, 9.17) is 6.42 Å². The van der Waals surface area contributed by atoms with Gasteiger partial charge in [-0.15, -0.1) is 6.42 Å². The number of rotatable bonds is 5. The first kappa shape index (κ1) is 20.5. The highest BCUT2D eigenvalue weighted by Gasteiger charge is 2.18. The molecule has 1 amide bonds. The first-order valence-corrected chi connectivity index (χ1v) is 9.71. The maximum Gasteiger partial charge on any atom is 0.255 e. The predicted molar refractivity (Wildman–Crippen MR) is 105 cm³/mol. The van der Waals surface area contributed by atoms with Crippen molar-refractivity contribution in [2.75, 3.05) is 11.9 Å². The zero-order chi connectivity index (χ0) is 20.2. The molecule has 6 nitrogen and oxygen atoms in total. The molecule has 2 aromatic rings. The Morgan fingerprint density at radius 2 is 1.78 bits per heavy atom. The van der Waals surface area contributed by atoms with E-state index >= 15 is 0 Å². The summed E-state index contributed by atoms with van der Waals surface area (Å²) in [5.74, 6) is 1.68. The molecule has 0 bridgehead atoms. The molecule has 2 rings (SSSR count). The number of benzene rings is 2. The maximum atomic E-state index is 12.4. The molecule has 0 saturated heterocycles. The van der Waals surface area contributed by atoms with Crippen molar-refractivity contribution >= 4 is 21.6 Å². The van der Waals surface area contributed by atoms with Crippen molar-refractivity contribution in [1.29, 1.82) is 0 Å². The molecule has 0 unspecified atom stereocenters. The van der Waals surface area contributed by atoms with Crippen LogP contribution in [-0.2, 0) is 15.4 Å². The van der Waals surface area contributed by atoms with Crippen LogP contribution in [0.2, 0.25) is 0 Å². The maximum absolute atomic E-state index is 12.4. The zero-order valence-corrected chi connectivity index (χ0v) is 16.2. The molecule has 2 aromatic carbocycles. The van der Waals surface area contributed by atoms with Gasteiger partial charge in [-0.05, 0) is 47.4 Å². The quantitative estimate of drug-likeness (QED) is 0.544. The summed E-state index contributed by atoms with van der Waals surface area (Å²) in [7, 11) is -3.72. The molecule has 142 valence electrons. The number of hydrogen-bond donors (Lipinski definition) is 3. The third-order valence-corrected chi connectivity index (χ3v) is 5.32. The molecule has 0 radical (unpaired) electrons. The van der Waals surface area contributed by atoms with Crippen LogP contribution in [0.1, 0.15) is 36.7 Å². The van der Waals surface area contributed by atoms with Gasteiger partial charge in [0.1, 0.15) is 5.75 Å². The number of terminal acetylenes is 1. The normalized spacial score (nSPS) is 11.6. The third-order valence-electron chi connectivity index (χ3n) is 3.90. The van der Waals surface area contributed by atoms with E-state index in [2.05, 4.69) is 16.0 Å². The van der Waals surface area contributed by atoms with Crippen molar-refractivity contribution in [1.82, 2.24) is 4.72 Å². The Labute approximate surface area is 159 Å². The van der Waals surface area contributed by atoms with Gasteiger partial charge in [-0.25, -0.2) is 8.42 Å². The van der Waals surface area contributed by atoms with Gasteiger partial charge in [0.2, 0.25) is 10.0 Å². The van der Waals surface area contributed by atoms with Crippen LogP contribution in [0, 0.1) is 12.3 Å². The van der Waals surface area contributed by atoms with Crippen LogP contribution in [-0.4, -0.2) is 26.0 Å². The fourth-order valence-electron chi connectivity index (χ4n) is 2.30. The summed E-state index contributed by atoms with van der Waals surface area (Å²) in [6, 6.07) is 10.5. The van der Waals surface area contributed by atoms with Crippen molar-refractivity contribution < 1.29 is 18.3 Å². The van der Waals surface area contributed by atoms with Crippen LogP contribution >= 0.6 is 0 Å². The lowest BCUT2D eigenvalue weighted by Crippen LogP contribution is -2.24. The SMILES string of the molecule is C#CCNS(=O)(=O)c1ccc(C(=O)Nc2cc(C(C)(C)C)ccc2O)cc1. The summed E-state index contributed by atoms with van der Waals surface area (Å²) >= 11 is 0. The number of aromatic hydroxyl groups is 1. The molecule has 0 atom stereocenters. The monoisotopic (exact) mass is 386 g/mol. The van der Waals surface area contributed by atoms with Crippen molar-refractivity contribution in [3.8, 4) is 18.1 Å². The van der Waals surface area contributed by atoms with Gasteiger partial charge in [-0.2, -0.15) is 4.72 Å². The fourth-order valence-corrected chi connectivity index (χ4v) is 3.24. The molecule has 7 heteroatoms. The largest absolute Gasteiger partial charge is 0.506 e. The molecule has 0 saturated carbocycles. The Morgan fingerprint density at radius 1 is 1.15 bits per heavy atom. The second-order valence-electron chi connectivity index (χ2n) is 6.99. The van der Waals surface area contributed by atoms with E-state index in [0.717, 1.165) is 5.56 Å². The minimum absolute atomic E-state index is 0.00637. The molecule has 0 fully saturated rings. The van der Waals surface area contributed by atoms with Crippen LogP contribution in [0.3, 0.4) is 0 Å². The molecule has 0 aliphatic heterocycles. The summed E-state index contributed by atoms with van der Waals surface area (Å²) in [6.45, 7) is 5.96. The Hall–Kier alpha value is -2.82. The molecule has 0 heterocycles. The number of hydrogen-bond acceptors (Lipinski definition) is 4. The number of anilines is 1. The minimum Gasteiger partial charge on any atom is -0.506 e. The lowest BCUT2D eigenvalue weighted by atomic mass is 9.87. The summed E-state index contributed by atoms with van der Waals surface area (Å²) in [6.07, 6.45) is 5.05. The van der Waals surface area contributed by atoms with Gasteiger partial charge in [-0.1, -0.05) is 32.8 Å². The summed E-state index contributed by atoms with van der Waals surface area (Å²) in [5, 5.41) is 12.7. The van der Waals surface area contributed by atoms with Gasteiger partial charge in [-0.3, -0.25) is 4.79 Å². The Bertz CT molecular complexity index is 982. The van der Waals surface area contributed by atoms with E-state index in [1.807, 2.05) is 20.8 Å². The second-order valence-corrected chi connectivity index (χ2v) is 8.76. The highest BCUT2D eigenvalue weighted by atomic mass is 32.2. The molecule has 27 heavy (non-hydrogen) atoms. The fraction of sp³-hybridized carbons (Fsp3) is 0.250. The van der Waals surface area contributed by atoms with E-state index in [0.29, 0.717) is 5.69 Å². The standard InChI is InChI=1S/C20H22N2O4S/c1-5-12-21-27(25,26)16-9-6-14(7-10-16)19(24)22-17-13-15(20(2,3)4)8-11-18(17)23/h1,6-11,13,21,23H,12H2,2-4H3,(H,22,24). The van der Waals surface area contributed by atoms with Crippen LogP contribution in [0.25, 0.3) is 0 Å². The average Bonchev–Trinajstić information content (AvgIpc) is 2.61. The lowest BCUT2D eigenvalue weighted by Gasteiger charge is -2.20. The summed E-state index contributed by atoms with van der Waals surface area (Å²) < 4.78 is 26.2. The van der Waals surface area contributed by atoms with E-state index in [1.165, 1.54) is 30.3 Å². The average molecular weight is 386 g/mol. The molecule has 0 aliphatic carbocycles. The number of carbonyl (C=O) groups excluding carboxylic acids is 1. The molecule has 3 N–H and O–H groups in total. The number of sulfonamides is 1. The number of phenolic OH excluding ortho intramolecular Hbond substituents is 1. The number of carbonyl (C=O) groups is 1. The van der Waals surface area contributed by atoms with E-state index in [1.54, 1.807) is 12.1 Å². The summed E-state index contributed by atoms with van der Waals surface area (Å²) in [5.41, 5.74) is 1.36. The van der Waals surface area contributed by atoms with Gasteiger partial charge in [0, 0.05) is 5.56 Å². The Morgan fingerprint density at radius 3 is 2.33 bits per heavy atom. The Balaban J connectivity index is 2.21. The van der Waals surface area contributed by atoms with Crippen LogP contribution in [0.4, 0.5) is 5.69 Å². The van der Waals surface area contributed by atoms with Crippen molar-refractivity contribution in [2.45, 2.75) is 31.1 Å². The topological polar surface area (TPSA) is 95.5 Å². The first-order valence-electron chi connectivity index (χ1n) is 8.22. The minimum atomic E-state index is -3.72. The third kappa shape index (κ3) is 5.09. The van der Waals surface area contributed by atoms with Gasteiger partial charge < -0.3 is 10.4 Å². The van der Waals surface area contributed by atoms with Crippen molar-refractivity contribution in [3.05, 3.63) is 53.6 Å². The van der Waals surface area contributed by atoms with Crippen molar-refractivity contribution in [3.63, 3.8) is 0 Å². The van der Waals surface area contributed by atoms with E-state index < -0.39 is 15.9 Å². The molecule has 0 spiro atoms. The predicted octanol–water partition coefficient (Wildman–Crippen LogP) is 2.85. The van der Waals surface area contributed by atoms with Crippen LogP contribution in [0.5, 0.6) is 5.75 Å². The molecule has 0 aromatic heterocycles. The summed E-state index contributed by atoms with van der Waals surface area (Å²) in [4.78, 5) is 12.5. The van der Waals surface area contributed by atoms with Crippen molar-refractivity contribution in [2.24, 2.45) is 0 Å². The zero-order valence-electron chi connectivity index (χ0n) is 15.4. The molecular weight excluding hydrogens is 364 g/mol. The van der Waals surface area contributed by atoms with E-state index in [-0.39, 0.29) is 28.2 Å². The second kappa shape index (κ2) is 7.82. The number of phenols is 1. The van der Waals surface area contributed by atoms with Gasteiger partial charge in [0.15, 0.2) is 0 Å². The van der Waals surface area contributed by atoms with E-state index in [9.17, 15) is 18.3 Å². The molecular formula is C20H22N2O4S. The van der Waals surface area contributed by atoms with Gasteiger partial charge in [0.25, 0.3) is 5.91 Å². The molecule has 0 aliphatic rings. The first-order chi connectivity index (χ1) is 12.5. The van der Waals surface area contributed by atoms with Crippen LogP contribution < -0.4 is 10.0 Å². The highest BCUT2D eigenvalue weighted by molar-refractivity contribution is 7.89. The van der Waals surface area contributed by atoms with Gasteiger partial charge >= 0.3 is 0 Å². The highest BCUT2D eigenvalue weighted by Crippen LogP contribution is 2.31. The van der Waals surface area contributed by atoms with Gasteiger partial charge in [0.05, 0.1) is 17.1 Å². The number of amides is 1. The smallest absolute Gasteiger partial charge is 0.255 e.